The summed E-state index contributed by atoms with van der Waals surface area (Å²) in [6, 6.07) is 0. The number of ether oxygens (including phenoxy) is 4. The molecule has 1 heterocycles. The van der Waals surface area contributed by atoms with Gasteiger partial charge in [0.05, 0.1) is 19.8 Å². The molecule has 0 saturated carbocycles. The number of rotatable bonds is 38. The average molecular weight is 821 g/mol. The fourth-order valence-corrected chi connectivity index (χ4v) is 7.21. The molecule has 0 aromatic carbocycles. The third-order valence-electron chi connectivity index (χ3n) is 10.1. The van der Waals surface area contributed by atoms with E-state index < -0.39 is 59.8 Å². The van der Waals surface area contributed by atoms with Crippen molar-refractivity contribution in [2.24, 2.45) is 0 Å². The molecule has 1 aliphatic rings. The average Bonchev–Trinajstić information content (AvgIpc) is 3.17. The van der Waals surface area contributed by atoms with Crippen LogP contribution < -0.4 is 0 Å². The Bertz CT molecular complexity index is 1080. The first-order valence-corrected chi connectivity index (χ1v) is 23.5. The van der Waals surface area contributed by atoms with E-state index in [1.165, 1.54) is 103 Å². The molecule has 1 fully saturated rings. The van der Waals surface area contributed by atoms with Gasteiger partial charge in [0.1, 0.15) is 30.5 Å². The Morgan fingerprint density at radius 1 is 0.679 bits per heavy atom. The molecule has 12 nitrogen and oxygen atoms in total. The zero-order valence-electron chi connectivity index (χ0n) is 34.9. The Labute approximate surface area is 340 Å². The molecule has 1 rings (SSSR count). The minimum Gasteiger partial charge on any atom is -0.457 e. The number of carbonyl (C=O) groups excluding carboxylic acids is 1. The highest BCUT2D eigenvalue weighted by molar-refractivity contribution is 7.80. The second kappa shape index (κ2) is 35.5. The lowest BCUT2D eigenvalue weighted by Gasteiger charge is -2.41. The molecule has 6 atom stereocenters. The van der Waals surface area contributed by atoms with Gasteiger partial charge < -0.3 is 34.3 Å². The normalized spacial score (nSPS) is 21.0. The summed E-state index contributed by atoms with van der Waals surface area (Å²) in [4.78, 5) is 12.8. The van der Waals surface area contributed by atoms with E-state index in [-0.39, 0.29) is 19.6 Å². The molecule has 0 aliphatic carbocycles. The second-order valence-electron chi connectivity index (χ2n) is 15.3. The van der Waals surface area contributed by atoms with Crippen molar-refractivity contribution in [3.05, 3.63) is 24.3 Å². The van der Waals surface area contributed by atoms with Crippen molar-refractivity contribution in [3.63, 3.8) is 0 Å². The van der Waals surface area contributed by atoms with E-state index in [4.69, 9.17) is 23.5 Å². The van der Waals surface area contributed by atoms with Gasteiger partial charge in [-0.05, 0) is 44.9 Å². The maximum atomic E-state index is 12.8. The fourth-order valence-electron chi connectivity index (χ4n) is 6.70. The molecule has 330 valence electrons. The molecular weight excluding hydrogens is 741 g/mol. The van der Waals surface area contributed by atoms with Crippen LogP contribution in [-0.2, 0) is 38.3 Å². The van der Waals surface area contributed by atoms with Gasteiger partial charge in [0.15, 0.2) is 6.29 Å². The van der Waals surface area contributed by atoms with Gasteiger partial charge in [0.25, 0.3) is 0 Å². The van der Waals surface area contributed by atoms with Crippen molar-refractivity contribution in [2.45, 2.75) is 218 Å². The van der Waals surface area contributed by atoms with E-state index in [1.54, 1.807) is 0 Å². The third-order valence-corrected chi connectivity index (χ3v) is 10.5. The predicted molar refractivity (Wildman–Crippen MR) is 221 cm³/mol. The second-order valence-corrected chi connectivity index (χ2v) is 16.3. The van der Waals surface area contributed by atoms with Crippen molar-refractivity contribution in [1.29, 1.82) is 0 Å². The fraction of sp³-hybridized carbons (Fsp3) is 0.884. The molecule has 0 aromatic heterocycles. The van der Waals surface area contributed by atoms with Crippen LogP contribution in [0.5, 0.6) is 0 Å². The van der Waals surface area contributed by atoms with E-state index in [9.17, 15) is 28.5 Å². The molecule has 0 bridgehead atoms. The van der Waals surface area contributed by atoms with Crippen LogP contribution in [0.3, 0.4) is 0 Å². The summed E-state index contributed by atoms with van der Waals surface area (Å²) in [6.07, 6.45) is 29.2. The van der Waals surface area contributed by atoms with E-state index in [2.05, 4.69) is 42.3 Å². The number of aliphatic hydroxyl groups is 3. The molecule has 1 aliphatic heterocycles. The topological polar surface area (TPSA) is 178 Å². The van der Waals surface area contributed by atoms with Crippen molar-refractivity contribution in [1.82, 2.24) is 0 Å². The van der Waals surface area contributed by atoms with Crippen LogP contribution in [0.4, 0.5) is 0 Å². The van der Waals surface area contributed by atoms with E-state index in [1.807, 2.05) is 0 Å². The van der Waals surface area contributed by atoms with Crippen LogP contribution in [-0.4, -0.2) is 97.5 Å². The van der Waals surface area contributed by atoms with Gasteiger partial charge in [-0.2, -0.15) is 8.42 Å². The molecule has 0 aromatic rings. The van der Waals surface area contributed by atoms with Crippen LogP contribution in [0.15, 0.2) is 24.3 Å². The first-order valence-electron chi connectivity index (χ1n) is 22.1. The van der Waals surface area contributed by atoms with Gasteiger partial charge in [0.2, 0.25) is 0 Å². The first kappa shape index (κ1) is 52.6. The number of esters is 1. The summed E-state index contributed by atoms with van der Waals surface area (Å²) < 4.78 is 58.9. The van der Waals surface area contributed by atoms with E-state index in [0.29, 0.717) is 13.0 Å². The highest BCUT2D eigenvalue weighted by Crippen LogP contribution is 2.26. The van der Waals surface area contributed by atoms with E-state index >= 15 is 0 Å². The van der Waals surface area contributed by atoms with Crippen LogP contribution in [0.25, 0.3) is 0 Å². The smallest absolute Gasteiger partial charge is 0.397 e. The number of allylic oxidation sites excluding steroid dienone is 4. The molecule has 13 heteroatoms. The third kappa shape index (κ3) is 28.9. The summed E-state index contributed by atoms with van der Waals surface area (Å²) in [5.74, 6) is -0.406. The summed E-state index contributed by atoms with van der Waals surface area (Å²) in [7, 11) is -5.06. The van der Waals surface area contributed by atoms with Crippen LogP contribution >= 0.6 is 0 Å². The van der Waals surface area contributed by atoms with Gasteiger partial charge in [-0.25, -0.2) is 4.18 Å². The molecule has 4 N–H and O–H groups in total. The lowest BCUT2D eigenvalue weighted by molar-refractivity contribution is -0.301. The number of hydrogen-bond donors (Lipinski definition) is 4. The molecule has 0 amide bonds. The van der Waals surface area contributed by atoms with Crippen LogP contribution in [0.1, 0.15) is 181 Å². The highest BCUT2D eigenvalue weighted by atomic mass is 32.3. The van der Waals surface area contributed by atoms with Gasteiger partial charge >= 0.3 is 16.4 Å². The minimum absolute atomic E-state index is 0.0360. The molecule has 0 radical (unpaired) electrons. The summed E-state index contributed by atoms with van der Waals surface area (Å²) >= 11 is 0. The van der Waals surface area contributed by atoms with Gasteiger partial charge in [0, 0.05) is 13.0 Å². The Balaban J connectivity index is 2.43. The van der Waals surface area contributed by atoms with Gasteiger partial charge in [-0.1, -0.05) is 154 Å². The largest absolute Gasteiger partial charge is 0.457 e. The summed E-state index contributed by atoms with van der Waals surface area (Å²) in [5.41, 5.74) is 0. The molecule has 56 heavy (non-hydrogen) atoms. The Morgan fingerprint density at radius 2 is 1.18 bits per heavy atom. The Kier molecular flexibility index (Phi) is 33.4. The molecule has 6 unspecified atom stereocenters. The number of aliphatic hydroxyl groups excluding tert-OH is 3. The van der Waals surface area contributed by atoms with Gasteiger partial charge in [-0.3, -0.25) is 9.35 Å². The maximum Gasteiger partial charge on any atom is 0.397 e. The standard InChI is InChI=1S/C43H80O12S/c1-3-5-7-9-11-13-15-16-17-18-19-20-21-22-24-26-28-30-32-39(45)53-37(35-51-33-31-29-27-25-23-14-12-10-8-6-4-2)36-52-43-41(47)42(55-56(48,49)50)40(46)38(34-44)54-43/h13,15,17-18,37-38,40-44,46-47H,3-12,14,16,19-36H2,1-2H3,(H,48,49,50)/b15-13-,18-17-. The van der Waals surface area contributed by atoms with Gasteiger partial charge in [-0.15, -0.1) is 0 Å². The summed E-state index contributed by atoms with van der Waals surface area (Å²) in [6.45, 7) is 3.96. The number of unbranched alkanes of at least 4 members (excludes halogenated alkanes) is 21. The van der Waals surface area contributed by atoms with Crippen molar-refractivity contribution >= 4 is 16.4 Å². The minimum atomic E-state index is -5.06. The van der Waals surface area contributed by atoms with Crippen molar-refractivity contribution < 1.29 is 56.2 Å². The quantitative estimate of drug-likeness (QED) is 0.0202. The van der Waals surface area contributed by atoms with Crippen LogP contribution in [0, 0.1) is 0 Å². The zero-order chi connectivity index (χ0) is 41.1. The Morgan fingerprint density at radius 3 is 1.71 bits per heavy atom. The number of hydrogen-bond acceptors (Lipinski definition) is 11. The Hall–Kier alpha value is -1.42. The zero-order valence-corrected chi connectivity index (χ0v) is 35.8. The van der Waals surface area contributed by atoms with Crippen molar-refractivity contribution in [2.75, 3.05) is 26.4 Å². The first-order chi connectivity index (χ1) is 27.1. The number of carbonyl (C=O) groups is 1. The SMILES string of the molecule is CCCCCC/C=C\C/C=C\CCCCCCCCCC(=O)OC(COCCCCCCCCCCCCC)COC1OC(CO)C(O)C(OS(=O)(=O)O)C1O. The molecular formula is C43H80O12S. The lowest BCUT2D eigenvalue weighted by Crippen LogP contribution is -2.60. The van der Waals surface area contributed by atoms with Crippen molar-refractivity contribution in [3.8, 4) is 0 Å². The van der Waals surface area contributed by atoms with Crippen LogP contribution in [0.2, 0.25) is 0 Å². The van der Waals surface area contributed by atoms with E-state index in [0.717, 1.165) is 51.4 Å². The molecule has 1 saturated heterocycles. The summed E-state index contributed by atoms with van der Waals surface area (Å²) in [5, 5.41) is 30.6. The highest BCUT2D eigenvalue weighted by Gasteiger charge is 2.48. The monoisotopic (exact) mass is 821 g/mol. The maximum absolute atomic E-state index is 12.8. The lowest BCUT2D eigenvalue weighted by atomic mass is 9.99. The molecule has 0 spiro atoms. The predicted octanol–water partition coefficient (Wildman–Crippen LogP) is 8.85.